The zero-order chi connectivity index (χ0) is 18.1. The summed E-state index contributed by atoms with van der Waals surface area (Å²) < 4.78 is 5.73. The van der Waals surface area contributed by atoms with E-state index in [1.54, 1.807) is 24.3 Å². The van der Waals surface area contributed by atoms with Crippen molar-refractivity contribution in [2.24, 2.45) is 23.7 Å². The number of amides is 1. The van der Waals surface area contributed by atoms with Crippen molar-refractivity contribution in [1.29, 1.82) is 0 Å². The van der Waals surface area contributed by atoms with Gasteiger partial charge in [0, 0.05) is 23.5 Å². The molecule has 2 fully saturated rings. The number of rotatable bonds is 5. The smallest absolute Gasteiger partial charge is 0.228 e. The van der Waals surface area contributed by atoms with E-state index >= 15 is 0 Å². The van der Waals surface area contributed by atoms with E-state index < -0.39 is 17.8 Å². The number of benzene rings is 2. The van der Waals surface area contributed by atoms with Gasteiger partial charge >= 0.3 is 0 Å². The minimum atomic E-state index is -1.09. The van der Waals surface area contributed by atoms with Gasteiger partial charge in [-0.15, -0.1) is 0 Å². The van der Waals surface area contributed by atoms with Crippen molar-refractivity contribution in [2.45, 2.75) is 19.3 Å². The highest BCUT2D eigenvalue weighted by molar-refractivity contribution is 5.95. The molecule has 0 radical (unpaired) electrons. The second kappa shape index (κ2) is 6.83. The number of hydrogen-bond donors (Lipinski definition) is 1. The molecule has 0 saturated heterocycles. The van der Waals surface area contributed by atoms with Crippen molar-refractivity contribution in [2.75, 3.05) is 5.32 Å². The maximum Gasteiger partial charge on any atom is 0.228 e. The van der Waals surface area contributed by atoms with Crippen molar-refractivity contribution < 1.29 is 19.4 Å². The summed E-state index contributed by atoms with van der Waals surface area (Å²) in [6.45, 7) is 0. The molecule has 26 heavy (non-hydrogen) atoms. The van der Waals surface area contributed by atoms with Crippen LogP contribution in [-0.2, 0) is 9.59 Å². The monoisotopic (exact) mass is 350 g/mol. The Morgan fingerprint density at radius 1 is 0.885 bits per heavy atom. The first kappa shape index (κ1) is 16.6. The summed E-state index contributed by atoms with van der Waals surface area (Å²) in [4.78, 5) is 24.1. The molecule has 5 nitrogen and oxygen atoms in total. The maximum atomic E-state index is 12.7. The van der Waals surface area contributed by atoms with Crippen LogP contribution < -0.4 is 15.2 Å². The van der Waals surface area contributed by atoms with E-state index in [-0.39, 0.29) is 17.7 Å². The number of aliphatic carboxylic acids is 1. The Balaban J connectivity index is 1.42. The number of fused-ring (bicyclic) bond motifs is 2. The van der Waals surface area contributed by atoms with E-state index in [0.29, 0.717) is 11.4 Å². The Morgan fingerprint density at radius 3 is 2.15 bits per heavy atom. The molecule has 4 rings (SSSR count). The van der Waals surface area contributed by atoms with Gasteiger partial charge in [0.15, 0.2) is 0 Å². The van der Waals surface area contributed by atoms with Crippen LogP contribution >= 0.6 is 0 Å². The molecule has 0 aromatic heterocycles. The summed E-state index contributed by atoms with van der Waals surface area (Å²) in [6.07, 6.45) is 2.63. The SMILES string of the molecule is O=C([O-])[C@@H]1[C@@H]2CC[C@H](C2)[C@H]1C(=O)Nc1ccc(Oc2ccccc2)cc1. The van der Waals surface area contributed by atoms with E-state index in [1.165, 1.54) is 0 Å². The fourth-order valence-electron chi connectivity index (χ4n) is 4.46. The molecular weight excluding hydrogens is 330 g/mol. The Labute approximate surface area is 152 Å². The molecule has 2 aromatic carbocycles. The third kappa shape index (κ3) is 3.17. The molecule has 2 aliphatic rings. The predicted molar refractivity (Wildman–Crippen MR) is 94.4 cm³/mol. The van der Waals surface area contributed by atoms with E-state index in [4.69, 9.17) is 4.74 Å². The summed E-state index contributed by atoms with van der Waals surface area (Å²) in [6, 6.07) is 16.5. The zero-order valence-corrected chi connectivity index (χ0v) is 14.3. The molecule has 1 N–H and O–H groups in total. The van der Waals surface area contributed by atoms with Crippen LogP contribution in [-0.4, -0.2) is 11.9 Å². The number of carbonyl (C=O) groups is 2. The highest BCUT2D eigenvalue weighted by Crippen LogP contribution is 2.52. The normalized spacial score (nSPS) is 26.5. The molecule has 5 heteroatoms. The Bertz CT molecular complexity index is 803. The van der Waals surface area contributed by atoms with Crippen molar-refractivity contribution in [3.8, 4) is 11.5 Å². The van der Waals surface area contributed by atoms with Crippen molar-refractivity contribution in [3.63, 3.8) is 0 Å². The molecule has 0 spiro atoms. The second-order valence-electron chi connectivity index (χ2n) is 7.13. The lowest BCUT2D eigenvalue weighted by Gasteiger charge is -2.30. The van der Waals surface area contributed by atoms with Gasteiger partial charge in [-0.2, -0.15) is 0 Å². The molecular formula is C21H20NO4-. The average Bonchev–Trinajstić information content (AvgIpc) is 3.25. The minimum Gasteiger partial charge on any atom is -0.550 e. The lowest BCUT2D eigenvalue weighted by molar-refractivity contribution is -0.314. The van der Waals surface area contributed by atoms with E-state index in [0.717, 1.165) is 25.0 Å². The van der Waals surface area contributed by atoms with Crippen LogP contribution in [0.4, 0.5) is 5.69 Å². The van der Waals surface area contributed by atoms with Gasteiger partial charge in [-0.05, 0) is 67.5 Å². The van der Waals surface area contributed by atoms with Gasteiger partial charge in [-0.1, -0.05) is 18.2 Å². The molecule has 1 amide bonds. The van der Waals surface area contributed by atoms with Gasteiger partial charge in [-0.25, -0.2) is 0 Å². The van der Waals surface area contributed by atoms with Crippen molar-refractivity contribution in [3.05, 3.63) is 54.6 Å². The molecule has 2 saturated carbocycles. The van der Waals surface area contributed by atoms with E-state index in [9.17, 15) is 14.7 Å². The third-order valence-electron chi connectivity index (χ3n) is 5.59. The fourth-order valence-corrected chi connectivity index (χ4v) is 4.46. The zero-order valence-electron chi connectivity index (χ0n) is 14.3. The van der Waals surface area contributed by atoms with Crippen LogP contribution in [0, 0.1) is 23.7 Å². The summed E-state index contributed by atoms with van der Waals surface area (Å²) >= 11 is 0. The number of carboxylic acids is 1. The van der Waals surface area contributed by atoms with E-state index in [2.05, 4.69) is 5.32 Å². The molecule has 2 aliphatic carbocycles. The average molecular weight is 350 g/mol. The van der Waals surface area contributed by atoms with Gasteiger partial charge in [-0.3, -0.25) is 4.79 Å². The van der Waals surface area contributed by atoms with Crippen molar-refractivity contribution in [1.82, 2.24) is 0 Å². The van der Waals surface area contributed by atoms with Gasteiger partial charge < -0.3 is 20.0 Å². The molecule has 2 aromatic rings. The number of hydrogen-bond acceptors (Lipinski definition) is 4. The highest BCUT2D eigenvalue weighted by atomic mass is 16.5. The van der Waals surface area contributed by atoms with Crippen LogP contribution in [0.15, 0.2) is 54.6 Å². The molecule has 2 bridgehead atoms. The first-order valence-corrected chi connectivity index (χ1v) is 8.96. The predicted octanol–water partition coefficient (Wildman–Crippen LogP) is 2.83. The van der Waals surface area contributed by atoms with Gasteiger partial charge in [0.05, 0.1) is 0 Å². The number of carbonyl (C=O) groups excluding carboxylic acids is 2. The molecule has 0 heterocycles. The minimum absolute atomic E-state index is 0.0856. The molecule has 0 aliphatic heterocycles. The van der Waals surface area contributed by atoms with Crippen LogP contribution in [0.3, 0.4) is 0 Å². The number of carboxylic acid groups (broad SMARTS) is 1. The third-order valence-corrected chi connectivity index (χ3v) is 5.59. The van der Waals surface area contributed by atoms with Crippen LogP contribution in [0.1, 0.15) is 19.3 Å². The number of para-hydroxylation sites is 1. The quantitative estimate of drug-likeness (QED) is 0.899. The molecule has 0 unspecified atom stereocenters. The summed E-state index contributed by atoms with van der Waals surface area (Å²) in [7, 11) is 0. The number of nitrogens with one attached hydrogen (secondary N) is 1. The fraction of sp³-hybridized carbons (Fsp3) is 0.333. The highest BCUT2D eigenvalue weighted by Gasteiger charge is 2.51. The van der Waals surface area contributed by atoms with Gasteiger partial charge in [0.25, 0.3) is 0 Å². The van der Waals surface area contributed by atoms with Crippen molar-refractivity contribution >= 4 is 17.6 Å². The Morgan fingerprint density at radius 2 is 1.50 bits per heavy atom. The lowest BCUT2D eigenvalue weighted by atomic mass is 9.78. The number of anilines is 1. The first-order valence-electron chi connectivity index (χ1n) is 8.96. The van der Waals surface area contributed by atoms with Crippen LogP contribution in [0.2, 0.25) is 0 Å². The Kier molecular flexibility index (Phi) is 4.37. The number of ether oxygens (including phenoxy) is 1. The van der Waals surface area contributed by atoms with Crippen LogP contribution in [0.5, 0.6) is 11.5 Å². The summed E-state index contributed by atoms with van der Waals surface area (Å²) in [5, 5.41) is 14.3. The maximum absolute atomic E-state index is 12.7. The standard InChI is InChI=1S/C21H21NO4/c23-20(18-13-6-7-14(12-13)19(18)21(24)25)22-15-8-10-17(11-9-15)26-16-4-2-1-3-5-16/h1-5,8-11,13-14,18-19H,6-7,12H2,(H,22,23)(H,24,25)/p-1/t13-,14-,18-,19-/m1/s1. The van der Waals surface area contributed by atoms with Gasteiger partial charge in [0.2, 0.25) is 5.91 Å². The Hall–Kier alpha value is -2.82. The second-order valence-corrected chi connectivity index (χ2v) is 7.13. The summed E-state index contributed by atoms with van der Waals surface area (Å²) in [5.74, 6) is -0.809. The van der Waals surface area contributed by atoms with Gasteiger partial charge in [0.1, 0.15) is 11.5 Å². The molecule has 134 valence electrons. The van der Waals surface area contributed by atoms with Crippen LogP contribution in [0.25, 0.3) is 0 Å². The topological polar surface area (TPSA) is 78.5 Å². The lowest BCUT2D eigenvalue weighted by Crippen LogP contribution is -2.43. The van der Waals surface area contributed by atoms with E-state index in [1.807, 2.05) is 30.3 Å². The molecule has 4 atom stereocenters. The first-order chi connectivity index (χ1) is 12.6. The largest absolute Gasteiger partial charge is 0.550 e. The summed E-state index contributed by atoms with van der Waals surface area (Å²) in [5.41, 5.74) is 0.635.